The molecule has 0 fully saturated rings. The number of amides is 3. The van der Waals surface area contributed by atoms with Gasteiger partial charge in [0.1, 0.15) is 23.7 Å². The number of nitrogens with zero attached hydrogens (tertiary/aromatic N) is 7. The Morgan fingerprint density at radius 2 is 1.85 bits per heavy atom. The molecule has 0 saturated carbocycles. The Morgan fingerprint density at radius 3 is 2.52 bits per heavy atom. The first-order chi connectivity index (χ1) is 22.2. The molecule has 0 bridgehead atoms. The molecule has 0 radical (unpaired) electrons. The van der Waals surface area contributed by atoms with Crippen molar-refractivity contribution in [1.29, 1.82) is 0 Å². The van der Waals surface area contributed by atoms with Gasteiger partial charge in [0, 0.05) is 42.3 Å². The van der Waals surface area contributed by atoms with Crippen LogP contribution in [0.2, 0.25) is 0 Å². The lowest BCUT2D eigenvalue weighted by atomic mass is 10.1. The molecule has 1 aliphatic rings. The quantitative estimate of drug-likeness (QED) is 0.228. The number of fused-ring (bicyclic) bond motifs is 1. The first-order valence-corrected chi connectivity index (χ1v) is 14.0. The van der Waals surface area contributed by atoms with Crippen molar-refractivity contribution in [2.75, 3.05) is 55.3 Å². The minimum atomic E-state index is -1.08. The minimum Gasteiger partial charge on any atom is -0.493 e. The average molecular weight is 632 g/mol. The van der Waals surface area contributed by atoms with E-state index in [9.17, 15) is 9.59 Å². The van der Waals surface area contributed by atoms with E-state index in [1.54, 1.807) is 36.4 Å². The summed E-state index contributed by atoms with van der Waals surface area (Å²) in [6.45, 7) is 0.269. The molecule has 2 aromatic carbocycles. The molecule has 5 rings (SSSR count). The zero-order valence-corrected chi connectivity index (χ0v) is 25.5. The number of benzene rings is 2. The van der Waals surface area contributed by atoms with E-state index in [-0.39, 0.29) is 42.3 Å². The Balaban J connectivity index is 1.53. The first-order valence-electron chi connectivity index (χ1n) is 14.0. The smallest absolute Gasteiger partial charge is 0.330 e. The zero-order chi connectivity index (χ0) is 32.8. The van der Waals surface area contributed by atoms with Gasteiger partial charge >= 0.3 is 6.03 Å². The van der Waals surface area contributed by atoms with Crippen molar-refractivity contribution in [3.05, 3.63) is 90.0 Å². The van der Waals surface area contributed by atoms with Crippen LogP contribution in [-0.2, 0) is 17.9 Å². The molecule has 3 heterocycles. The van der Waals surface area contributed by atoms with E-state index in [2.05, 4.69) is 30.6 Å². The lowest BCUT2D eigenvalue weighted by molar-refractivity contribution is -0.111. The number of halogens is 2. The molecule has 13 nitrogen and oxygen atoms in total. The number of ether oxygens (including phenoxy) is 2. The highest BCUT2D eigenvalue weighted by molar-refractivity contribution is 6.06. The molecule has 0 atom stereocenters. The summed E-state index contributed by atoms with van der Waals surface area (Å²) in [6, 6.07) is 8.78. The van der Waals surface area contributed by atoms with Crippen LogP contribution in [0.4, 0.5) is 42.5 Å². The molecule has 3 amide bonds. The topological polar surface area (TPSA) is 138 Å². The molecule has 46 heavy (non-hydrogen) atoms. The second-order valence-electron chi connectivity index (χ2n) is 10.3. The van der Waals surface area contributed by atoms with Gasteiger partial charge in [-0.3, -0.25) is 14.6 Å². The number of nitrogens with one attached hydrogen (secondary N) is 2. The summed E-state index contributed by atoms with van der Waals surface area (Å²) < 4.78 is 41.4. The molecule has 0 saturated heterocycles. The molecular weight excluding hydrogens is 600 g/mol. The second-order valence-corrected chi connectivity index (χ2v) is 10.3. The van der Waals surface area contributed by atoms with Gasteiger partial charge in [0.15, 0.2) is 23.1 Å². The molecule has 4 aromatic rings. The van der Waals surface area contributed by atoms with Crippen LogP contribution in [0.5, 0.6) is 11.5 Å². The maximum absolute atomic E-state index is 15.6. The van der Waals surface area contributed by atoms with E-state index in [0.29, 0.717) is 29.2 Å². The molecular formula is C31H31F2N9O4. The van der Waals surface area contributed by atoms with E-state index in [0.717, 1.165) is 11.0 Å². The summed E-state index contributed by atoms with van der Waals surface area (Å²) >= 11 is 0. The van der Waals surface area contributed by atoms with Crippen LogP contribution < -0.4 is 29.9 Å². The third kappa shape index (κ3) is 6.99. The van der Waals surface area contributed by atoms with Crippen LogP contribution in [-0.4, -0.2) is 71.6 Å². The highest BCUT2D eigenvalue weighted by Crippen LogP contribution is 2.41. The SMILES string of the molecule is COc1cc(OC)c(F)c(N2Cc3cnc(Nc4ccncn4)nc3N(Cc3cccc(NC(=O)/C=C/CN(C)C)c3)C2=O)c1F. The summed E-state index contributed by atoms with van der Waals surface area (Å²) in [6.07, 6.45) is 7.52. The highest BCUT2D eigenvalue weighted by atomic mass is 19.1. The van der Waals surface area contributed by atoms with Crippen LogP contribution in [0, 0.1) is 11.6 Å². The van der Waals surface area contributed by atoms with E-state index < -0.39 is 23.4 Å². The van der Waals surface area contributed by atoms with E-state index in [1.165, 1.54) is 43.9 Å². The largest absolute Gasteiger partial charge is 0.493 e. The Bertz CT molecular complexity index is 1740. The van der Waals surface area contributed by atoms with Gasteiger partial charge in [0.2, 0.25) is 11.9 Å². The lowest BCUT2D eigenvalue weighted by Crippen LogP contribution is -2.48. The van der Waals surface area contributed by atoms with Gasteiger partial charge in [-0.25, -0.2) is 28.5 Å². The molecule has 0 spiro atoms. The minimum absolute atomic E-state index is 0.0726. The number of urea groups is 1. The highest BCUT2D eigenvalue weighted by Gasteiger charge is 2.38. The number of hydrogen-bond donors (Lipinski definition) is 2. The standard InChI is InChI=1S/C31H31F2N9O4/c1-40(2)12-6-9-25(43)37-21-8-5-7-19(13-21)16-42-29-20(15-35-30(39-29)38-24-10-11-34-18-36-24)17-41(31(42)44)28-26(32)22(45-3)14-23(46-4)27(28)33/h5-11,13-15,18H,12,16-17H2,1-4H3,(H,37,43)(H,34,35,36,38,39)/b9-6+. The molecule has 2 N–H and O–H groups in total. The summed E-state index contributed by atoms with van der Waals surface area (Å²) in [7, 11) is 6.23. The van der Waals surface area contributed by atoms with Crippen molar-refractivity contribution in [3.8, 4) is 11.5 Å². The lowest BCUT2D eigenvalue weighted by Gasteiger charge is -2.36. The molecule has 0 unspecified atom stereocenters. The summed E-state index contributed by atoms with van der Waals surface area (Å²) in [5.74, 6) is -2.32. The number of methoxy groups -OCH3 is 2. The fourth-order valence-electron chi connectivity index (χ4n) is 4.67. The monoisotopic (exact) mass is 631 g/mol. The van der Waals surface area contributed by atoms with Crippen molar-refractivity contribution in [3.63, 3.8) is 0 Å². The molecule has 2 aromatic heterocycles. The maximum Gasteiger partial charge on any atom is 0.330 e. The third-order valence-corrected chi connectivity index (χ3v) is 6.80. The van der Waals surface area contributed by atoms with Crippen molar-refractivity contribution < 1.29 is 27.8 Å². The Morgan fingerprint density at radius 1 is 1.09 bits per heavy atom. The molecule has 1 aliphatic heterocycles. The number of carbonyl (C=O) groups excluding carboxylic acids is 2. The number of aromatic nitrogens is 4. The van der Waals surface area contributed by atoms with Crippen LogP contribution in [0.1, 0.15) is 11.1 Å². The number of anilines is 5. The Hall–Kier alpha value is -5.70. The summed E-state index contributed by atoms with van der Waals surface area (Å²) in [5.41, 5.74) is 0.848. The second kappa shape index (κ2) is 13.9. The van der Waals surface area contributed by atoms with Gasteiger partial charge in [-0.2, -0.15) is 4.98 Å². The Labute approximate surface area is 263 Å². The fourth-order valence-corrected chi connectivity index (χ4v) is 4.67. The van der Waals surface area contributed by atoms with Gasteiger partial charge in [-0.15, -0.1) is 0 Å². The van der Waals surface area contributed by atoms with Gasteiger partial charge in [-0.05, 0) is 37.9 Å². The predicted octanol–water partition coefficient (Wildman–Crippen LogP) is 4.51. The van der Waals surface area contributed by atoms with Gasteiger partial charge < -0.3 is 25.0 Å². The van der Waals surface area contributed by atoms with E-state index in [4.69, 9.17) is 9.47 Å². The molecule has 238 valence electrons. The average Bonchev–Trinajstić information content (AvgIpc) is 3.04. The third-order valence-electron chi connectivity index (χ3n) is 6.80. The van der Waals surface area contributed by atoms with Crippen molar-refractivity contribution in [2.24, 2.45) is 0 Å². The van der Waals surface area contributed by atoms with Crippen LogP contribution in [0.25, 0.3) is 0 Å². The van der Waals surface area contributed by atoms with Crippen LogP contribution in [0.15, 0.2) is 67.3 Å². The van der Waals surface area contributed by atoms with Gasteiger partial charge in [0.05, 0.1) is 27.3 Å². The van der Waals surface area contributed by atoms with Crippen LogP contribution in [0.3, 0.4) is 0 Å². The maximum atomic E-state index is 15.6. The van der Waals surface area contributed by atoms with Crippen molar-refractivity contribution in [2.45, 2.75) is 13.1 Å². The fraction of sp³-hybridized carbons (Fsp3) is 0.226. The van der Waals surface area contributed by atoms with Gasteiger partial charge in [-0.1, -0.05) is 18.2 Å². The Kier molecular flexibility index (Phi) is 9.61. The normalized spacial score (nSPS) is 12.8. The summed E-state index contributed by atoms with van der Waals surface area (Å²) in [5, 5.41) is 5.77. The summed E-state index contributed by atoms with van der Waals surface area (Å²) in [4.78, 5) is 47.6. The van der Waals surface area contributed by atoms with Crippen molar-refractivity contribution in [1.82, 2.24) is 24.8 Å². The number of likely N-dealkylation sites (N-methyl/N-ethyl adjacent to an activating group) is 1. The number of rotatable bonds is 11. The van der Waals surface area contributed by atoms with Crippen LogP contribution >= 0.6 is 0 Å². The molecule has 15 heteroatoms. The van der Waals surface area contributed by atoms with Gasteiger partial charge in [0.25, 0.3) is 0 Å². The zero-order valence-electron chi connectivity index (χ0n) is 25.5. The predicted molar refractivity (Wildman–Crippen MR) is 167 cm³/mol. The number of carbonyl (C=O) groups is 2. The first kappa shape index (κ1) is 31.7. The van der Waals surface area contributed by atoms with E-state index >= 15 is 8.78 Å². The van der Waals surface area contributed by atoms with Crippen molar-refractivity contribution >= 4 is 40.9 Å². The number of hydrogen-bond acceptors (Lipinski definition) is 10. The molecule has 0 aliphatic carbocycles. The van der Waals surface area contributed by atoms with E-state index in [1.807, 2.05) is 19.0 Å².